The van der Waals surface area contributed by atoms with Crippen LogP contribution in [0.1, 0.15) is 72.9 Å². The third-order valence-corrected chi connectivity index (χ3v) is 6.11. The molecule has 2 aromatic rings. The molecule has 0 aliphatic heterocycles. The summed E-state index contributed by atoms with van der Waals surface area (Å²) in [6, 6.07) is 8.68. The number of hydrogen-bond acceptors (Lipinski definition) is 4. The Balaban J connectivity index is 1.61. The van der Waals surface area contributed by atoms with Crippen LogP contribution in [0.3, 0.4) is 0 Å². The molecule has 0 unspecified atom stereocenters. The fraction of sp³-hybridized carbons (Fsp3) is 0.462. The number of hydrogen-bond donors (Lipinski definition) is 2. The van der Waals surface area contributed by atoms with Gasteiger partial charge in [0.05, 0.1) is 12.1 Å². The normalized spacial score (nSPS) is 19.7. The summed E-state index contributed by atoms with van der Waals surface area (Å²) in [7, 11) is 0. The van der Waals surface area contributed by atoms with E-state index in [1.807, 2.05) is 50.5 Å². The molecule has 0 atom stereocenters. The largest absolute Gasteiger partial charge is 0.507 e. The smallest absolute Gasteiger partial charge is 0.127 e. The zero-order valence-electron chi connectivity index (χ0n) is 18.7. The summed E-state index contributed by atoms with van der Waals surface area (Å²) in [5.74, 6) is 0.664. The molecule has 1 aliphatic carbocycles. The fourth-order valence-corrected chi connectivity index (χ4v) is 4.10. The van der Waals surface area contributed by atoms with Crippen LogP contribution in [0.15, 0.2) is 34.3 Å². The molecule has 0 aromatic heterocycles. The van der Waals surface area contributed by atoms with Crippen LogP contribution in [0, 0.1) is 13.8 Å². The Morgan fingerprint density at radius 3 is 1.43 bits per heavy atom. The van der Waals surface area contributed by atoms with Gasteiger partial charge in [0.2, 0.25) is 0 Å². The summed E-state index contributed by atoms with van der Waals surface area (Å²) in [5.41, 5.74) is 5.87. The first-order valence-electron chi connectivity index (χ1n) is 11.1. The van der Waals surface area contributed by atoms with E-state index in [0.717, 1.165) is 60.8 Å². The number of aryl methyl sites for hydroxylation is 4. The molecule has 1 saturated carbocycles. The summed E-state index contributed by atoms with van der Waals surface area (Å²) < 4.78 is 0. The van der Waals surface area contributed by atoms with Crippen LogP contribution < -0.4 is 0 Å². The zero-order chi connectivity index (χ0) is 21.7. The van der Waals surface area contributed by atoms with Gasteiger partial charge < -0.3 is 10.2 Å². The molecular weight excluding hydrogens is 372 g/mol. The molecule has 4 heteroatoms. The monoisotopic (exact) mass is 406 g/mol. The number of phenolic OH excluding ortho intramolecular Hbond substituents is 2. The van der Waals surface area contributed by atoms with E-state index < -0.39 is 0 Å². The highest BCUT2D eigenvalue weighted by Gasteiger charge is 2.19. The number of benzene rings is 2. The molecule has 160 valence electrons. The average Bonchev–Trinajstić information content (AvgIpc) is 2.76. The van der Waals surface area contributed by atoms with Crippen LogP contribution in [0.25, 0.3) is 0 Å². The van der Waals surface area contributed by atoms with Gasteiger partial charge in [-0.25, -0.2) is 0 Å². The van der Waals surface area contributed by atoms with Gasteiger partial charge in [-0.2, -0.15) is 0 Å². The van der Waals surface area contributed by atoms with E-state index in [2.05, 4.69) is 13.8 Å². The molecule has 0 bridgehead atoms. The molecule has 0 saturated heterocycles. The second kappa shape index (κ2) is 9.92. The molecule has 2 aromatic carbocycles. The maximum Gasteiger partial charge on any atom is 0.127 e. The molecular formula is C26H34N2O2. The van der Waals surface area contributed by atoms with Crippen molar-refractivity contribution < 1.29 is 10.2 Å². The number of aliphatic imine (C=N–C) groups is 2. The summed E-state index contributed by atoms with van der Waals surface area (Å²) in [5, 5.41) is 20.6. The Kier molecular flexibility index (Phi) is 7.30. The van der Waals surface area contributed by atoms with Crippen LogP contribution in [0.2, 0.25) is 0 Å². The standard InChI is InChI=1S/C26H34N2O2/c1-5-19-11-17(3)25(29)21(13-19)15-27-23-7-9-24(10-8-23)28-16-22-14-20(6-2)12-18(4)26(22)30/h11-16,23-24,29-30H,5-10H2,1-4H3. The summed E-state index contributed by atoms with van der Waals surface area (Å²) >= 11 is 0. The molecule has 30 heavy (non-hydrogen) atoms. The van der Waals surface area contributed by atoms with Gasteiger partial charge in [0.25, 0.3) is 0 Å². The van der Waals surface area contributed by atoms with Gasteiger partial charge in [0.1, 0.15) is 11.5 Å². The predicted molar refractivity (Wildman–Crippen MR) is 126 cm³/mol. The summed E-state index contributed by atoms with van der Waals surface area (Å²) in [6.45, 7) is 8.11. The van der Waals surface area contributed by atoms with Crippen molar-refractivity contribution in [3.63, 3.8) is 0 Å². The van der Waals surface area contributed by atoms with Crippen LogP contribution >= 0.6 is 0 Å². The minimum absolute atomic E-state index is 0.278. The third-order valence-electron chi connectivity index (χ3n) is 6.11. The molecule has 0 radical (unpaired) electrons. The summed E-state index contributed by atoms with van der Waals surface area (Å²) in [4.78, 5) is 9.51. The first-order chi connectivity index (χ1) is 14.4. The lowest BCUT2D eigenvalue weighted by Crippen LogP contribution is -2.20. The highest BCUT2D eigenvalue weighted by molar-refractivity contribution is 5.85. The summed E-state index contributed by atoms with van der Waals surface area (Å²) in [6.07, 6.45) is 9.54. The predicted octanol–water partition coefficient (Wildman–Crippen LogP) is 5.69. The van der Waals surface area contributed by atoms with Gasteiger partial charge in [-0.15, -0.1) is 0 Å². The molecule has 4 nitrogen and oxygen atoms in total. The van der Waals surface area contributed by atoms with Gasteiger partial charge in [-0.05, 0) is 86.8 Å². The third kappa shape index (κ3) is 5.29. The molecule has 0 amide bonds. The van der Waals surface area contributed by atoms with E-state index in [9.17, 15) is 10.2 Å². The first-order valence-corrected chi connectivity index (χ1v) is 11.1. The minimum atomic E-state index is 0.278. The zero-order valence-corrected chi connectivity index (χ0v) is 18.7. The Bertz CT molecular complexity index is 861. The van der Waals surface area contributed by atoms with Crippen molar-refractivity contribution in [3.05, 3.63) is 57.6 Å². The molecule has 0 heterocycles. The average molecular weight is 407 g/mol. The molecule has 1 aliphatic rings. The van der Waals surface area contributed by atoms with Crippen molar-refractivity contribution in [2.45, 2.75) is 78.3 Å². The molecule has 2 N–H and O–H groups in total. The van der Waals surface area contributed by atoms with Crippen molar-refractivity contribution in [2.24, 2.45) is 9.98 Å². The van der Waals surface area contributed by atoms with Gasteiger partial charge in [0, 0.05) is 23.6 Å². The number of phenols is 2. The maximum atomic E-state index is 10.3. The molecule has 3 rings (SSSR count). The molecule has 1 fully saturated rings. The van der Waals surface area contributed by atoms with Gasteiger partial charge in [-0.1, -0.05) is 26.0 Å². The lowest BCUT2D eigenvalue weighted by atomic mass is 9.92. The van der Waals surface area contributed by atoms with Crippen molar-refractivity contribution in [1.29, 1.82) is 0 Å². The Morgan fingerprint density at radius 2 is 1.10 bits per heavy atom. The second-order valence-electron chi connectivity index (χ2n) is 8.43. The maximum absolute atomic E-state index is 10.3. The van der Waals surface area contributed by atoms with Crippen molar-refractivity contribution in [1.82, 2.24) is 0 Å². The van der Waals surface area contributed by atoms with Gasteiger partial charge >= 0.3 is 0 Å². The fourth-order valence-electron chi connectivity index (χ4n) is 4.10. The SMILES string of the molecule is CCc1cc(C)c(O)c(C=NC2CCC(N=Cc3cc(CC)cc(C)c3O)CC2)c1. The van der Waals surface area contributed by atoms with Crippen molar-refractivity contribution >= 4 is 12.4 Å². The lowest BCUT2D eigenvalue weighted by Gasteiger charge is -2.23. The van der Waals surface area contributed by atoms with Crippen molar-refractivity contribution in [3.8, 4) is 11.5 Å². The topological polar surface area (TPSA) is 65.2 Å². The van der Waals surface area contributed by atoms with E-state index in [0.29, 0.717) is 11.5 Å². The number of nitrogens with zero attached hydrogens (tertiary/aromatic N) is 2. The highest BCUT2D eigenvalue weighted by Crippen LogP contribution is 2.27. The van der Waals surface area contributed by atoms with E-state index >= 15 is 0 Å². The number of aromatic hydroxyl groups is 2. The first kappa shape index (κ1) is 22.1. The van der Waals surface area contributed by atoms with E-state index in [1.54, 1.807) is 0 Å². The van der Waals surface area contributed by atoms with Crippen LogP contribution in [-0.4, -0.2) is 34.7 Å². The Hall–Kier alpha value is -2.62. The number of rotatable bonds is 6. The second-order valence-corrected chi connectivity index (χ2v) is 8.43. The van der Waals surface area contributed by atoms with Crippen LogP contribution in [0.5, 0.6) is 11.5 Å². The van der Waals surface area contributed by atoms with E-state index in [4.69, 9.17) is 9.98 Å². The molecule has 0 spiro atoms. The van der Waals surface area contributed by atoms with Crippen molar-refractivity contribution in [2.75, 3.05) is 0 Å². The minimum Gasteiger partial charge on any atom is -0.507 e. The van der Waals surface area contributed by atoms with Crippen LogP contribution in [0.4, 0.5) is 0 Å². The highest BCUT2D eigenvalue weighted by atomic mass is 16.3. The Morgan fingerprint density at radius 1 is 0.733 bits per heavy atom. The Labute approximate surface area is 180 Å². The van der Waals surface area contributed by atoms with Gasteiger partial charge in [0.15, 0.2) is 0 Å². The quantitative estimate of drug-likeness (QED) is 0.605. The van der Waals surface area contributed by atoms with Crippen LogP contribution in [-0.2, 0) is 12.8 Å². The van der Waals surface area contributed by atoms with E-state index in [-0.39, 0.29) is 12.1 Å². The van der Waals surface area contributed by atoms with Gasteiger partial charge in [-0.3, -0.25) is 9.98 Å². The lowest BCUT2D eigenvalue weighted by molar-refractivity contribution is 0.399. The van der Waals surface area contributed by atoms with E-state index in [1.165, 1.54) is 11.1 Å².